The van der Waals surface area contributed by atoms with E-state index in [1.165, 1.54) is 0 Å². The Balaban J connectivity index is 1.77. The molecule has 0 bridgehead atoms. The summed E-state index contributed by atoms with van der Waals surface area (Å²) in [4.78, 5) is 28.2. The van der Waals surface area contributed by atoms with Gasteiger partial charge in [-0.1, -0.05) is 13.3 Å². The first kappa shape index (κ1) is 22.5. The highest BCUT2D eigenvalue weighted by Crippen LogP contribution is 2.28. The third kappa shape index (κ3) is 7.27. The van der Waals surface area contributed by atoms with Gasteiger partial charge in [0.25, 0.3) is 5.91 Å². The van der Waals surface area contributed by atoms with Gasteiger partial charge in [0.05, 0.1) is 24.8 Å². The normalized spacial score (nSPS) is 14.2. The largest absolute Gasteiger partial charge is 0.490 e. The second kappa shape index (κ2) is 11.9. The molecule has 0 unspecified atom stereocenters. The van der Waals surface area contributed by atoms with Gasteiger partial charge >= 0.3 is 0 Å². The molecule has 1 saturated heterocycles. The summed E-state index contributed by atoms with van der Waals surface area (Å²) in [6.07, 6.45) is 2.04. The first-order valence-corrected chi connectivity index (χ1v) is 10.1. The summed E-state index contributed by atoms with van der Waals surface area (Å²) in [7, 11) is 0. The fourth-order valence-electron chi connectivity index (χ4n) is 3.01. The molecule has 158 valence electrons. The highest BCUT2D eigenvalue weighted by atomic mass is 16.5. The van der Waals surface area contributed by atoms with Crippen molar-refractivity contribution in [3.63, 3.8) is 0 Å². The molecule has 1 N–H and O–H groups in total. The number of benzene rings is 1. The molecule has 0 atom stereocenters. The van der Waals surface area contributed by atoms with Crippen molar-refractivity contribution in [2.45, 2.75) is 26.7 Å². The van der Waals surface area contributed by atoms with Crippen LogP contribution in [0.4, 0.5) is 0 Å². The Kier molecular flexibility index (Phi) is 9.25. The van der Waals surface area contributed by atoms with Gasteiger partial charge in [-0.2, -0.15) is 5.26 Å². The molecule has 1 fully saturated rings. The van der Waals surface area contributed by atoms with Crippen molar-refractivity contribution in [2.75, 3.05) is 52.5 Å². The van der Waals surface area contributed by atoms with Gasteiger partial charge in [0.1, 0.15) is 0 Å². The molecule has 0 aliphatic carbocycles. The van der Waals surface area contributed by atoms with Crippen LogP contribution in [0, 0.1) is 11.3 Å². The van der Waals surface area contributed by atoms with E-state index in [4.69, 9.17) is 14.7 Å². The zero-order valence-electron chi connectivity index (χ0n) is 17.3. The number of nitrogens with one attached hydrogen (secondary N) is 1. The van der Waals surface area contributed by atoms with E-state index in [1.54, 1.807) is 23.1 Å². The summed E-state index contributed by atoms with van der Waals surface area (Å²) in [5.74, 6) is 0.828. The summed E-state index contributed by atoms with van der Waals surface area (Å²) in [6.45, 7) is 7.81. The Morgan fingerprint density at radius 2 is 1.90 bits per heavy atom. The maximum absolute atomic E-state index is 12.5. The van der Waals surface area contributed by atoms with Gasteiger partial charge in [-0.25, -0.2) is 0 Å². The minimum Gasteiger partial charge on any atom is -0.490 e. The molecule has 1 aromatic carbocycles. The third-order valence-corrected chi connectivity index (χ3v) is 4.67. The highest BCUT2D eigenvalue weighted by Gasteiger charge is 2.23. The zero-order chi connectivity index (χ0) is 21.1. The molecule has 1 aliphatic rings. The van der Waals surface area contributed by atoms with Crippen LogP contribution in [0.3, 0.4) is 0 Å². The molecule has 8 nitrogen and oxygen atoms in total. The van der Waals surface area contributed by atoms with Gasteiger partial charge in [0.15, 0.2) is 18.1 Å². The second-order valence-corrected chi connectivity index (χ2v) is 6.86. The number of nitriles is 1. The van der Waals surface area contributed by atoms with E-state index < -0.39 is 0 Å². The number of nitrogens with zero attached hydrogens (tertiary/aromatic N) is 3. The predicted octanol–water partition coefficient (Wildman–Crippen LogP) is 1.40. The number of carbonyl (C=O) groups excluding carboxylic acids is 2. The summed E-state index contributed by atoms with van der Waals surface area (Å²) in [5, 5.41) is 11.9. The number of amides is 2. The maximum Gasteiger partial charge on any atom is 0.260 e. The average Bonchev–Trinajstić information content (AvgIpc) is 2.73. The minimum atomic E-state index is -0.108. The van der Waals surface area contributed by atoms with Crippen LogP contribution in [-0.4, -0.2) is 74.1 Å². The molecule has 8 heteroatoms. The predicted molar refractivity (Wildman–Crippen MR) is 109 cm³/mol. The fourth-order valence-corrected chi connectivity index (χ4v) is 3.01. The minimum absolute atomic E-state index is 0.0332. The Morgan fingerprint density at radius 1 is 1.14 bits per heavy atom. The first-order valence-electron chi connectivity index (χ1n) is 10.1. The van der Waals surface area contributed by atoms with Crippen LogP contribution in [-0.2, 0) is 9.59 Å². The lowest BCUT2D eigenvalue weighted by Crippen LogP contribution is -2.52. The monoisotopic (exact) mass is 402 g/mol. The van der Waals surface area contributed by atoms with Crippen molar-refractivity contribution in [1.82, 2.24) is 15.1 Å². The Hall–Kier alpha value is -2.79. The van der Waals surface area contributed by atoms with E-state index in [1.807, 2.05) is 6.92 Å². The van der Waals surface area contributed by atoms with Crippen LogP contribution in [0.2, 0.25) is 0 Å². The lowest BCUT2D eigenvalue weighted by Gasteiger charge is -2.34. The maximum atomic E-state index is 12.5. The smallest absolute Gasteiger partial charge is 0.260 e. The van der Waals surface area contributed by atoms with Crippen LogP contribution >= 0.6 is 0 Å². The molecule has 0 radical (unpaired) electrons. The zero-order valence-corrected chi connectivity index (χ0v) is 17.3. The third-order valence-electron chi connectivity index (χ3n) is 4.67. The Morgan fingerprint density at radius 3 is 2.55 bits per heavy atom. The Bertz CT molecular complexity index is 724. The molecule has 0 saturated carbocycles. The van der Waals surface area contributed by atoms with Gasteiger partial charge in [-0.05, 0) is 25.5 Å². The highest BCUT2D eigenvalue weighted by molar-refractivity contribution is 5.79. The lowest BCUT2D eigenvalue weighted by atomic mass is 10.2. The van der Waals surface area contributed by atoms with E-state index in [2.05, 4.69) is 23.2 Å². The number of rotatable bonds is 10. The van der Waals surface area contributed by atoms with E-state index in [-0.39, 0.29) is 18.4 Å². The number of ether oxygens (including phenoxy) is 2. The van der Waals surface area contributed by atoms with Crippen molar-refractivity contribution < 1.29 is 19.1 Å². The van der Waals surface area contributed by atoms with Gasteiger partial charge in [-0.15, -0.1) is 0 Å². The van der Waals surface area contributed by atoms with Crippen molar-refractivity contribution in [3.05, 3.63) is 23.8 Å². The number of unbranched alkanes of at least 4 members (excludes halogenated alkanes) is 1. The summed E-state index contributed by atoms with van der Waals surface area (Å²) < 4.78 is 11.1. The van der Waals surface area contributed by atoms with Crippen LogP contribution < -0.4 is 14.8 Å². The number of piperazine rings is 1. The van der Waals surface area contributed by atoms with Crippen LogP contribution in [0.25, 0.3) is 0 Å². The fraction of sp³-hybridized carbons (Fsp3) is 0.571. The molecule has 1 aliphatic heterocycles. The summed E-state index contributed by atoms with van der Waals surface area (Å²) >= 11 is 0. The summed E-state index contributed by atoms with van der Waals surface area (Å²) in [6, 6.07) is 6.94. The van der Waals surface area contributed by atoms with Crippen LogP contribution in [0.5, 0.6) is 11.5 Å². The number of carbonyl (C=O) groups is 2. The van der Waals surface area contributed by atoms with Crippen molar-refractivity contribution in [1.29, 1.82) is 5.26 Å². The van der Waals surface area contributed by atoms with Gasteiger partial charge in [0.2, 0.25) is 5.91 Å². The van der Waals surface area contributed by atoms with E-state index in [0.29, 0.717) is 62.9 Å². The SMILES string of the molecule is CCCCNC(=O)CN1CCN(C(=O)COc2ccc(C#N)cc2OCC)CC1. The van der Waals surface area contributed by atoms with Gasteiger partial charge in [-0.3, -0.25) is 14.5 Å². The molecule has 0 aromatic heterocycles. The molecule has 29 heavy (non-hydrogen) atoms. The van der Waals surface area contributed by atoms with Gasteiger partial charge in [0, 0.05) is 38.8 Å². The van der Waals surface area contributed by atoms with E-state index in [0.717, 1.165) is 12.8 Å². The van der Waals surface area contributed by atoms with Crippen molar-refractivity contribution >= 4 is 11.8 Å². The molecule has 1 aromatic rings. The number of hydrogen-bond donors (Lipinski definition) is 1. The number of hydrogen-bond acceptors (Lipinski definition) is 6. The van der Waals surface area contributed by atoms with Gasteiger partial charge < -0.3 is 19.7 Å². The topological polar surface area (TPSA) is 94.9 Å². The van der Waals surface area contributed by atoms with Crippen LogP contribution in [0.1, 0.15) is 32.3 Å². The lowest BCUT2D eigenvalue weighted by molar-refractivity contribution is -0.135. The van der Waals surface area contributed by atoms with E-state index in [9.17, 15) is 9.59 Å². The molecule has 1 heterocycles. The van der Waals surface area contributed by atoms with E-state index >= 15 is 0 Å². The molecular formula is C21H30N4O4. The molecule has 0 spiro atoms. The second-order valence-electron chi connectivity index (χ2n) is 6.86. The Labute approximate surface area is 172 Å². The quantitative estimate of drug-likeness (QED) is 0.595. The van der Waals surface area contributed by atoms with Crippen molar-refractivity contribution in [2.24, 2.45) is 0 Å². The van der Waals surface area contributed by atoms with Crippen LogP contribution in [0.15, 0.2) is 18.2 Å². The standard InChI is InChI=1S/C21H30N4O4/c1-3-5-8-23-20(26)15-24-9-11-25(12-10-24)21(27)16-29-18-7-6-17(14-22)13-19(18)28-4-2/h6-7,13H,3-5,8-12,15-16H2,1-2H3,(H,23,26). The van der Waals surface area contributed by atoms with Crippen molar-refractivity contribution in [3.8, 4) is 17.6 Å². The molecule has 2 rings (SSSR count). The molecular weight excluding hydrogens is 372 g/mol. The average molecular weight is 402 g/mol. The first-order chi connectivity index (χ1) is 14.1. The molecule has 2 amide bonds. The summed E-state index contributed by atoms with van der Waals surface area (Å²) in [5.41, 5.74) is 0.474.